The Hall–Kier alpha value is -3.15. The van der Waals surface area contributed by atoms with Gasteiger partial charge < -0.3 is 20.0 Å². The quantitative estimate of drug-likeness (QED) is 0.747. The molecule has 9 nitrogen and oxygen atoms in total. The minimum absolute atomic E-state index is 0.0213. The van der Waals surface area contributed by atoms with Crippen LogP contribution in [0.25, 0.3) is 0 Å². The summed E-state index contributed by atoms with van der Waals surface area (Å²) in [4.78, 5) is 35.8. The lowest BCUT2D eigenvalue weighted by atomic mass is 9.93. The molecule has 0 atom stereocenters. The van der Waals surface area contributed by atoms with Crippen molar-refractivity contribution in [2.24, 2.45) is 0 Å². The van der Waals surface area contributed by atoms with E-state index in [2.05, 4.69) is 25.3 Å². The molecule has 24 heavy (non-hydrogen) atoms. The molecule has 0 radical (unpaired) electrons. The number of H-pyrrole nitrogens is 2. The van der Waals surface area contributed by atoms with Crippen molar-refractivity contribution in [3.05, 3.63) is 40.5 Å². The fourth-order valence-electron chi connectivity index (χ4n) is 2.69. The van der Waals surface area contributed by atoms with Crippen molar-refractivity contribution in [3.63, 3.8) is 0 Å². The molecular weight excluding hydrogens is 312 g/mol. The Bertz CT molecular complexity index is 813. The first kappa shape index (κ1) is 15.7. The Balaban J connectivity index is 1.52. The molecule has 0 spiro atoms. The average Bonchev–Trinajstić information content (AvgIpc) is 3.04. The maximum Gasteiger partial charge on any atom is 0.323 e. The highest BCUT2D eigenvalue weighted by molar-refractivity contribution is 5.92. The van der Waals surface area contributed by atoms with Crippen molar-refractivity contribution in [2.45, 2.75) is 37.8 Å². The molecule has 2 aromatic heterocycles. The third-order valence-corrected chi connectivity index (χ3v) is 3.90. The molecule has 1 aliphatic rings. The second-order valence-electron chi connectivity index (χ2n) is 5.54. The van der Waals surface area contributed by atoms with Gasteiger partial charge in [0.25, 0.3) is 11.8 Å². The summed E-state index contributed by atoms with van der Waals surface area (Å²) >= 11 is 0. The summed E-state index contributed by atoms with van der Waals surface area (Å²) in [6, 6.07) is 1.97. The molecule has 3 N–H and O–H groups in total. The highest BCUT2D eigenvalue weighted by atomic mass is 16.5. The Morgan fingerprint density at radius 3 is 2.71 bits per heavy atom. The molecule has 1 fully saturated rings. The Morgan fingerprint density at radius 1 is 1.29 bits per heavy atom. The first-order valence-corrected chi connectivity index (χ1v) is 7.62. The molecule has 0 saturated heterocycles. The fraction of sp³-hybridized carbons (Fsp3) is 0.400. The number of rotatable bonds is 4. The first-order chi connectivity index (χ1) is 11.7. The third kappa shape index (κ3) is 3.60. The Morgan fingerprint density at radius 2 is 2.04 bits per heavy atom. The van der Waals surface area contributed by atoms with Crippen LogP contribution in [-0.2, 0) is 0 Å². The van der Waals surface area contributed by atoms with Crippen LogP contribution >= 0.6 is 0 Å². The number of hydrogen-bond acceptors (Lipinski definition) is 6. The molecule has 1 aliphatic carbocycles. The number of aromatic nitrogens is 4. The van der Waals surface area contributed by atoms with Gasteiger partial charge in [-0.3, -0.25) is 4.79 Å². The first-order valence-electron chi connectivity index (χ1n) is 7.62. The van der Waals surface area contributed by atoms with Crippen LogP contribution in [0.4, 0.5) is 0 Å². The van der Waals surface area contributed by atoms with E-state index in [4.69, 9.17) is 10.00 Å². The van der Waals surface area contributed by atoms with E-state index < -0.39 is 5.69 Å². The van der Waals surface area contributed by atoms with Crippen LogP contribution in [0.5, 0.6) is 5.88 Å². The van der Waals surface area contributed by atoms with Crippen LogP contribution in [0.15, 0.2) is 23.4 Å². The standard InChI is InChI=1S/C15H16N6O3/c16-7-11-14(18-6-5-17-11)24-10-3-1-9(2-4-10)20-13(22)12-8-19-15(23)21-12/h5-6,8-10H,1-4H2,(H,20,22)(H2,19,21,23). The average molecular weight is 328 g/mol. The predicted octanol–water partition coefficient (Wildman–Crippen LogP) is 0.485. The molecular formula is C15H16N6O3. The topological polar surface area (TPSA) is 137 Å². The maximum atomic E-state index is 12.0. The second kappa shape index (κ2) is 6.95. The van der Waals surface area contributed by atoms with Gasteiger partial charge >= 0.3 is 5.69 Å². The van der Waals surface area contributed by atoms with Crippen LogP contribution in [0.1, 0.15) is 41.9 Å². The Kier molecular flexibility index (Phi) is 4.56. The number of carbonyl (C=O) groups excluding carboxylic acids is 1. The van der Waals surface area contributed by atoms with Crippen LogP contribution in [-0.4, -0.2) is 38.0 Å². The zero-order valence-corrected chi connectivity index (χ0v) is 12.8. The van der Waals surface area contributed by atoms with Gasteiger partial charge in [-0.25, -0.2) is 14.8 Å². The molecule has 0 unspecified atom stereocenters. The van der Waals surface area contributed by atoms with Crippen LogP contribution in [0.2, 0.25) is 0 Å². The summed E-state index contributed by atoms with van der Waals surface area (Å²) in [5, 5.41) is 11.9. The highest BCUT2D eigenvalue weighted by Crippen LogP contribution is 2.24. The zero-order chi connectivity index (χ0) is 16.9. The number of hydrogen-bond donors (Lipinski definition) is 3. The van der Waals surface area contributed by atoms with E-state index in [0.29, 0.717) is 0 Å². The van der Waals surface area contributed by atoms with Gasteiger partial charge in [0, 0.05) is 24.6 Å². The lowest BCUT2D eigenvalue weighted by molar-refractivity contribution is 0.0885. The molecule has 124 valence electrons. The van der Waals surface area contributed by atoms with E-state index in [-0.39, 0.29) is 35.3 Å². The van der Waals surface area contributed by atoms with Gasteiger partial charge in [0.1, 0.15) is 17.9 Å². The number of imidazole rings is 1. The number of ether oxygens (including phenoxy) is 1. The number of nitrogens with one attached hydrogen (secondary N) is 3. The zero-order valence-electron chi connectivity index (χ0n) is 12.8. The van der Waals surface area contributed by atoms with E-state index in [9.17, 15) is 9.59 Å². The molecule has 2 aromatic rings. The molecule has 0 aliphatic heterocycles. The Labute approximate surface area is 137 Å². The number of carbonyl (C=O) groups is 1. The van der Waals surface area contributed by atoms with Gasteiger partial charge in [-0.1, -0.05) is 0 Å². The monoisotopic (exact) mass is 328 g/mol. The predicted molar refractivity (Wildman–Crippen MR) is 82.3 cm³/mol. The van der Waals surface area contributed by atoms with E-state index in [1.54, 1.807) is 0 Å². The highest BCUT2D eigenvalue weighted by Gasteiger charge is 2.25. The normalized spacial score (nSPS) is 20.1. The van der Waals surface area contributed by atoms with E-state index in [1.165, 1.54) is 18.6 Å². The molecule has 3 rings (SSSR count). The van der Waals surface area contributed by atoms with Crippen molar-refractivity contribution in [1.29, 1.82) is 5.26 Å². The van der Waals surface area contributed by atoms with Crippen molar-refractivity contribution < 1.29 is 9.53 Å². The summed E-state index contributed by atoms with van der Waals surface area (Å²) in [6.07, 6.45) is 7.17. The molecule has 0 aromatic carbocycles. The van der Waals surface area contributed by atoms with Crippen LogP contribution in [0, 0.1) is 11.3 Å². The lowest BCUT2D eigenvalue weighted by Crippen LogP contribution is -2.40. The minimum Gasteiger partial charge on any atom is -0.472 e. The summed E-state index contributed by atoms with van der Waals surface area (Å²) < 4.78 is 5.76. The van der Waals surface area contributed by atoms with Gasteiger partial charge in [0.05, 0.1) is 0 Å². The molecule has 9 heteroatoms. The molecule has 0 bridgehead atoms. The van der Waals surface area contributed by atoms with Gasteiger partial charge in [-0.2, -0.15) is 5.26 Å². The van der Waals surface area contributed by atoms with Gasteiger partial charge in [0.15, 0.2) is 0 Å². The van der Waals surface area contributed by atoms with Gasteiger partial charge in [0.2, 0.25) is 5.69 Å². The maximum absolute atomic E-state index is 12.0. The van der Waals surface area contributed by atoms with E-state index in [1.807, 2.05) is 6.07 Å². The summed E-state index contributed by atoms with van der Waals surface area (Å²) in [5.41, 5.74) is -0.0181. The largest absolute Gasteiger partial charge is 0.472 e. The number of amides is 1. The van der Waals surface area contributed by atoms with Crippen LogP contribution < -0.4 is 15.7 Å². The van der Waals surface area contributed by atoms with E-state index >= 15 is 0 Å². The van der Waals surface area contributed by atoms with Crippen molar-refractivity contribution in [3.8, 4) is 11.9 Å². The summed E-state index contributed by atoms with van der Waals surface area (Å²) in [5.74, 6) is -0.0594. The van der Waals surface area contributed by atoms with Crippen LogP contribution in [0.3, 0.4) is 0 Å². The fourth-order valence-corrected chi connectivity index (χ4v) is 2.69. The number of aromatic amines is 2. The van der Waals surface area contributed by atoms with Crippen molar-refractivity contribution >= 4 is 5.91 Å². The summed E-state index contributed by atoms with van der Waals surface area (Å²) in [7, 11) is 0. The summed E-state index contributed by atoms with van der Waals surface area (Å²) in [6.45, 7) is 0. The SMILES string of the molecule is N#Cc1nccnc1OC1CCC(NC(=O)c2c[nH]c(=O)[nH]2)CC1. The van der Waals surface area contributed by atoms with Crippen molar-refractivity contribution in [2.75, 3.05) is 0 Å². The minimum atomic E-state index is -0.408. The number of nitrogens with zero attached hydrogens (tertiary/aromatic N) is 3. The molecule has 1 saturated carbocycles. The molecule has 2 heterocycles. The molecule has 1 amide bonds. The van der Waals surface area contributed by atoms with Gasteiger partial charge in [-0.15, -0.1) is 0 Å². The third-order valence-electron chi connectivity index (χ3n) is 3.90. The van der Waals surface area contributed by atoms with Gasteiger partial charge in [-0.05, 0) is 25.7 Å². The second-order valence-corrected chi connectivity index (χ2v) is 5.54. The number of nitriles is 1. The smallest absolute Gasteiger partial charge is 0.323 e. The van der Waals surface area contributed by atoms with Crippen molar-refractivity contribution in [1.82, 2.24) is 25.3 Å². The lowest BCUT2D eigenvalue weighted by Gasteiger charge is -2.29. The van der Waals surface area contributed by atoms with E-state index in [0.717, 1.165) is 25.7 Å².